The minimum Gasteiger partial charge on any atom is -0.463 e. The Morgan fingerprint density at radius 2 is 2.38 bits per heavy atom. The molecule has 5 heteroatoms. The summed E-state index contributed by atoms with van der Waals surface area (Å²) in [6.45, 7) is 4.26. The molecule has 1 aromatic carbocycles. The van der Waals surface area contributed by atoms with Crippen LogP contribution in [0.5, 0.6) is 0 Å². The van der Waals surface area contributed by atoms with Crippen molar-refractivity contribution < 1.29 is 9.53 Å². The molecule has 2 rings (SSSR count). The maximum absolute atomic E-state index is 11.4. The molecule has 0 fully saturated rings. The molecule has 1 aromatic rings. The van der Waals surface area contributed by atoms with E-state index >= 15 is 0 Å². The number of ether oxygens (including phenoxy) is 1. The summed E-state index contributed by atoms with van der Waals surface area (Å²) in [5, 5.41) is 0.635. The van der Waals surface area contributed by atoms with Gasteiger partial charge in [0.2, 0.25) is 0 Å². The van der Waals surface area contributed by atoms with Gasteiger partial charge in [-0.25, -0.2) is 4.79 Å². The number of amidine groups is 1. The lowest BCUT2D eigenvalue weighted by Crippen LogP contribution is -2.28. The van der Waals surface area contributed by atoms with Crippen LogP contribution in [0.25, 0.3) is 6.08 Å². The molecule has 0 saturated heterocycles. The van der Waals surface area contributed by atoms with Gasteiger partial charge in [-0.2, -0.15) is 0 Å². The first-order valence-corrected chi connectivity index (χ1v) is 7.95. The molecule has 1 aliphatic heterocycles. The minimum atomic E-state index is -0.328. The zero-order valence-electron chi connectivity index (χ0n) is 12.3. The van der Waals surface area contributed by atoms with E-state index in [1.165, 1.54) is 6.08 Å². The summed E-state index contributed by atoms with van der Waals surface area (Å²) in [4.78, 5) is 16.0. The fourth-order valence-electron chi connectivity index (χ4n) is 2.23. The standard InChI is InChI=1S/C16H20N2O2S/c1-3-20-14(19)8-7-12-5-4-6-13(11-12)16(2)9-10-21-15(17)18-16/h4-8,11H,3,9-10H2,1-2H3,(H2,17,18). The molecule has 0 aromatic heterocycles. The molecular formula is C16H20N2O2S. The van der Waals surface area contributed by atoms with E-state index in [9.17, 15) is 4.79 Å². The van der Waals surface area contributed by atoms with Gasteiger partial charge in [0.25, 0.3) is 0 Å². The van der Waals surface area contributed by atoms with Crippen LogP contribution in [0.2, 0.25) is 0 Å². The number of carbonyl (C=O) groups is 1. The third-order valence-corrected chi connectivity index (χ3v) is 4.20. The van der Waals surface area contributed by atoms with Gasteiger partial charge in [0.15, 0.2) is 5.17 Å². The van der Waals surface area contributed by atoms with E-state index in [4.69, 9.17) is 10.5 Å². The number of carbonyl (C=O) groups excluding carboxylic acids is 1. The molecule has 0 saturated carbocycles. The Kier molecular flexibility index (Phi) is 5.07. The second-order valence-electron chi connectivity index (χ2n) is 5.03. The number of esters is 1. The maximum Gasteiger partial charge on any atom is 0.330 e. The van der Waals surface area contributed by atoms with E-state index in [1.807, 2.05) is 18.2 Å². The third kappa shape index (κ3) is 4.11. The molecule has 0 radical (unpaired) electrons. The van der Waals surface area contributed by atoms with Crippen molar-refractivity contribution in [2.45, 2.75) is 25.8 Å². The molecule has 0 spiro atoms. The Morgan fingerprint density at radius 3 is 3.10 bits per heavy atom. The number of nitrogens with zero attached hydrogens (tertiary/aromatic N) is 1. The van der Waals surface area contributed by atoms with Crippen LogP contribution in [-0.4, -0.2) is 23.5 Å². The number of hydrogen-bond donors (Lipinski definition) is 1. The van der Waals surface area contributed by atoms with Crippen molar-refractivity contribution in [1.29, 1.82) is 0 Å². The average molecular weight is 304 g/mol. The highest BCUT2D eigenvalue weighted by Crippen LogP contribution is 2.35. The summed E-state index contributed by atoms with van der Waals surface area (Å²) >= 11 is 1.59. The van der Waals surface area contributed by atoms with E-state index < -0.39 is 0 Å². The summed E-state index contributed by atoms with van der Waals surface area (Å²) < 4.78 is 4.88. The molecule has 4 nitrogen and oxygen atoms in total. The van der Waals surface area contributed by atoms with Crippen molar-refractivity contribution in [2.24, 2.45) is 10.7 Å². The van der Waals surface area contributed by atoms with E-state index in [0.29, 0.717) is 11.8 Å². The maximum atomic E-state index is 11.4. The summed E-state index contributed by atoms with van der Waals surface area (Å²) in [6, 6.07) is 8.02. The number of aliphatic imine (C=N–C) groups is 1. The normalized spacial score (nSPS) is 22.1. The van der Waals surface area contributed by atoms with Crippen molar-refractivity contribution >= 4 is 29.0 Å². The van der Waals surface area contributed by atoms with Crippen molar-refractivity contribution in [3.8, 4) is 0 Å². The zero-order valence-corrected chi connectivity index (χ0v) is 13.2. The fourth-order valence-corrected chi connectivity index (χ4v) is 3.20. The lowest BCUT2D eigenvalue weighted by atomic mass is 9.89. The number of benzene rings is 1. The number of rotatable bonds is 4. The van der Waals surface area contributed by atoms with Crippen LogP contribution in [0.4, 0.5) is 0 Å². The van der Waals surface area contributed by atoms with Crippen LogP contribution in [0.1, 0.15) is 31.4 Å². The lowest BCUT2D eigenvalue weighted by Gasteiger charge is -2.29. The Balaban J connectivity index is 2.22. The van der Waals surface area contributed by atoms with Crippen LogP contribution in [-0.2, 0) is 15.1 Å². The van der Waals surface area contributed by atoms with E-state index in [2.05, 4.69) is 18.0 Å². The highest BCUT2D eigenvalue weighted by atomic mass is 32.2. The van der Waals surface area contributed by atoms with E-state index in [0.717, 1.165) is 23.3 Å². The smallest absolute Gasteiger partial charge is 0.330 e. The average Bonchev–Trinajstić information content (AvgIpc) is 2.46. The zero-order chi connectivity index (χ0) is 15.3. The number of thioether (sulfide) groups is 1. The van der Waals surface area contributed by atoms with Crippen LogP contribution >= 0.6 is 11.8 Å². The van der Waals surface area contributed by atoms with Gasteiger partial charge in [-0.15, -0.1) is 0 Å². The van der Waals surface area contributed by atoms with Crippen molar-refractivity contribution in [1.82, 2.24) is 0 Å². The monoisotopic (exact) mass is 304 g/mol. The first-order valence-electron chi connectivity index (χ1n) is 6.97. The highest BCUT2D eigenvalue weighted by molar-refractivity contribution is 8.13. The molecule has 0 amide bonds. The Labute approximate surface area is 129 Å². The molecule has 0 bridgehead atoms. The van der Waals surface area contributed by atoms with Gasteiger partial charge in [0.05, 0.1) is 12.1 Å². The Hall–Kier alpha value is -1.75. The molecule has 1 heterocycles. The van der Waals surface area contributed by atoms with E-state index in [1.54, 1.807) is 24.8 Å². The number of hydrogen-bond acceptors (Lipinski definition) is 5. The Bertz CT molecular complexity index is 583. The second kappa shape index (κ2) is 6.80. The predicted octanol–water partition coefficient (Wildman–Crippen LogP) is 2.93. The first kappa shape index (κ1) is 15.6. The van der Waals surface area contributed by atoms with Crippen LogP contribution in [0.15, 0.2) is 35.3 Å². The Morgan fingerprint density at radius 1 is 1.57 bits per heavy atom. The first-order chi connectivity index (χ1) is 10.0. The second-order valence-corrected chi connectivity index (χ2v) is 6.15. The van der Waals surface area contributed by atoms with Gasteiger partial charge in [0.1, 0.15) is 0 Å². The van der Waals surface area contributed by atoms with Crippen molar-refractivity contribution in [2.75, 3.05) is 12.4 Å². The quantitative estimate of drug-likeness (QED) is 0.686. The minimum absolute atomic E-state index is 0.289. The van der Waals surface area contributed by atoms with Gasteiger partial charge in [0, 0.05) is 11.8 Å². The molecule has 1 atom stereocenters. The lowest BCUT2D eigenvalue weighted by molar-refractivity contribution is -0.137. The summed E-state index contributed by atoms with van der Waals surface area (Å²) in [5.74, 6) is 0.639. The predicted molar refractivity (Wildman–Crippen MR) is 88.2 cm³/mol. The molecular weight excluding hydrogens is 284 g/mol. The molecule has 1 unspecified atom stereocenters. The summed E-state index contributed by atoms with van der Waals surface area (Å²) in [6.07, 6.45) is 4.15. The van der Waals surface area contributed by atoms with Gasteiger partial charge in [-0.3, -0.25) is 4.99 Å². The third-order valence-electron chi connectivity index (χ3n) is 3.40. The van der Waals surface area contributed by atoms with Crippen molar-refractivity contribution in [3.05, 3.63) is 41.5 Å². The number of nitrogens with two attached hydrogens (primary N) is 1. The topological polar surface area (TPSA) is 64.7 Å². The molecule has 1 aliphatic rings. The van der Waals surface area contributed by atoms with Gasteiger partial charge in [-0.05, 0) is 43.5 Å². The molecule has 21 heavy (non-hydrogen) atoms. The van der Waals surface area contributed by atoms with Gasteiger partial charge < -0.3 is 10.5 Å². The van der Waals surface area contributed by atoms with Gasteiger partial charge >= 0.3 is 5.97 Å². The molecule has 112 valence electrons. The molecule has 0 aliphatic carbocycles. The van der Waals surface area contributed by atoms with Crippen molar-refractivity contribution in [3.63, 3.8) is 0 Å². The molecule has 2 N–H and O–H groups in total. The largest absolute Gasteiger partial charge is 0.463 e. The fraction of sp³-hybridized carbons (Fsp3) is 0.375. The highest BCUT2D eigenvalue weighted by Gasteiger charge is 2.29. The summed E-state index contributed by atoms with van der Waals surface area (Å²) in [5.41, 5.74) is 7.63. The SMILES string of the molecule is CCOC(=O)C=Cc1cccc(C2(C)CCSC(N)=N2)c1. The van der Waals surface area contributed by atoms with Crippen LogP contribution in [0, 0.1) is 0 Å². The van der Waals surface area contributed by atoms with Crippen LogP contribution < -0.4 is 5.73 Å². The van der Waals surface area contributed by atoms with Gasteiger partial charge in [-0.1, -0.05) is 30.0 Å². The van der Waals surface area contributed by atoms with E-state index in [-0.39, 0.29) is 11.5 Å². The van der Waals surface area contributed by atoms with Crippen LogP contribution in [0.3, 0.4) is 0 Å². The summed E-state index contributed by atoms with van der Waals surface area (Å²) in [7, 11) is 0.